The van der Waals surface area contributed by atoms with E-state index in [1.54, 1.807) is 43.1 Å². The van der Waals surface area contributed by atoms with E-state index in [0.717, 1.165) is 17.7 Å². The minimum absolute atomic E-state index is 0.218. The van der Waals surface area contributed by atoms with E-state index >= 15 is 0 Å². The maximum absolute atomic E-state index is 12.8. The van der Waals surface area contributed by atoms with E-state index < -0.39 is 11.9 Å². The summed E-state index contributed by atoms with van der Waals surface area (Å²) in [5.74, 6) is -1.34. The highest BCUT2D eigenvalue weighted by atomic mass is 16.5. The molecule has 6 nitrogen and oxygen atoms in total. The van der Waals surface area contributed by atoms with E-state index in [-0.39, 0.29) is 12.5 Å². The van der Waals surface area contributed by atoms with Gasteiger partial charge in [0.25, 0.3) is 5.91 Å². The average Bonchev–Trinajstić information content (AvgIpc) is 2.67. The summed E-state index contributed by atoms with van der Waals surface area (Å²) in [6.45, 7) is 2.36. The Labute approximate surface area is 158 Å². The van der Waals surface area contributed by atoms with Crippen molar-refractivity contribution in [2.45, 2.75) is 13.5 Å². The first-order valence-electron chi connectivity index (χ1n) is 8.55. The normalized spacial score (nSPS) is 10.4. The molecule has 2 aromatic rings. The number of anilines is 1. The van der Waals surface area contributed by atoms with Crippen molar-refractivity contribution in [2.75, 3.05) is 19.0 Å². The van der Waals surface area contributed by atoms with E-state index in [9.17, 15) is 14.4 Å². The van der Waals surface area contributed by atoms with Gasteiger partial charge in [0, 0.05) is 25.7 Å². The van der Waals surface area contributed by atoms with E-state index in [1.165, 1.54) is 0 Å². The minimum Gasteiger partial charge on any atom is -0.463 e. The third-order valence-electron chi connectivity index (χ3n) is 3.68. The highest BCUT2D eigenvalue weighted by Crippen LogP contribution is 2.18. The summed E-state index contributed by atoms with van der Waals surface area (Å²) in [4.78, 5) is 37.7. The maximum Gasteiger partial charge on any atom is 0.330 e. The summed E-state index contributed by atoms with van der Waals surface area (Å²) in [5, 5.41) is 2.63. The molecule has 2 aromatic carbocycles. The number of amides is 2. The molecule has 2 rings (SSSR count). The Morgan fingerprint density at radius 3 is 2.37 bits per heavy atom. The van der Waals surface area contributed by atoms with Gasteiger partial charge in [0.2, 0.25) is 5.91 Å². The third kappa shape index (κ3) is 6.11. The molecule has 0 aliphatic heterocycles. The Hall–Kier alpha value is -3.41. The first-order chi connectivity index (χ1) is 13.0. The van der Waals surface area contributed by atoms with E-state index in [0.29, 0.717) is 17.8 Å². The molecule has 0 saturated carbocycles. The van der Waals surface area contributed by atoms with Crippen molar-refractivity contribution in [2.24, 2.45) is 0 Å². The van der Waals surface area contributed by atoms with Crippen LogP contribution in [0.15, 0.2) is 66.7 Å². The molecule has 140 valence electrons. The molecule has 0 unspecified atom stereocenters. The number of benzene rings is 2. The van der Waals surface area contributed by atoms with Gasteiger partial charge in [-0.05, 0) is 24.6 Å². The number of hydrogen-bond acceptors (Lipinski definition) is 4. The van der Waals surface area contributed by atoms with Crippen LogP contribution in [0, 0.1) is 0 Å². The first kappa shape index (κ1) is 19.9. The standard InChI is InChI=1S/C21H22N2O4/c1-3-27-20(25)14-13-19(24)22-18-12-8-7-11-17(18)21(26)23(2)15-16-9-5-4-6-10-16/h4-14H,3,15H2,1-2H3,(H,22,24)/b14-13+. The van der Waals surface area contributed by atoms with Crippen LogP contribution in [-0.2, 0) is 20.9 Å². The zero-order valence-electron chi connectivity index (χ0n) is 15.3. The Morgan fingerprint density at radius 2 is 1.67 bits per heavy atom. The SMILES string of the molecule is CCOC(=O)/C=C/C(=O)Nc1ccccc1C(=O)N(C)Cc1ccccc1. The van der Waals surface area contributed by atoms with Gasteiger partial charge < -0.3 is 15.0 Å². The van der Waals surface area contributed by atoms with Crippen molar-refractivity contribution < 1.29 is 19.1 Å². The van der Waals surface area contributed by atoms with Crippen LogP contribution in [0.25, 0.3) is 0 Å². The number of esters is 1. The van der Waals surface area contributed by atoms with Crippen LogP contribution in [0.4, 0.5) is 5.69 Å². The second-order valence-corrected chi connectivity index (χ2v) is 5.77. The van der Waals surface area contributed by atoms with Gasteiger partial charge in [-0.3, -0.25) is 9.59 Å². The van der Waals surface area contributed by atoms with Gasteiger partial charge in [0.15, 0.2) is 0 Å². The lowest BCUT2D eigenvalue weighted by Gasteiger charge is -2.19. The van der Waals surface area contributed by atoms with Gasteiger partial charge in [-0.15, -0.1) is 0 Å². The van der Waals surface area contributed by atoms with Crippen molar-refractivity contribution >= 4 is 23.5 Å². The van der Waals surface area contributed by atoms with Crippen LogP contribution in [0.1, 0.15) is 22.8 Å². The van der Waals surface area contributed by atoms with Gasteiger partial charge >= 0.3 is 5.97 Å². The van der Waals surface area contributed by atoms with Crippen molar-refractivity contribution in [3.05, 3.63) is 77.9 Å². The van der Waals surface area contributed by atoms with Gasteiger partial charge in [0.1, 0.15) is 0 Å². The second-order valence-electron chi connectivity index (χ2n) is 5.77. The Balaban J connectivity index is 2.09. The number of nitrogens with one attached hydrogen (secondary N) is 1. The molecular formula is C21H22N2O4. The molecule has 27 heavy (non-hydrogen) atoms. The summed E-state index contributed by atoms with van der Waals surface area (Å²) in [6, 6.07) is 16.4. The fourth-order valence-electron chi connectivity index (χ4n) is 2.42. The maximum atomic E-state index is 12.8. The number of carbonyl (C=O) groups excluding carboxylic acids is 3. The number of hydrogen-bond donors (Lipinski definition) is 1. The van der Waals surface area contributed by atoms with Crippen molar-refractivity contribution in [1.29, 1.82) is 0 Å². The molecule has 6 heteroatoms. The van der Waals surface area contributed by atoms with Crippen LogP contribution in [-0.4, -0.2) is 36.3 Å². The molecule has 0 atom stereocenters. The van der Waals surface area contributed by atoms with Gasteiger partial charge in [-0.2, -0.15) is 0 Å². The molecule has 2 amide bonds. The molecule has 0 heterocycles. The zero-order chi connectivity index (χ0) is 19.6. The largest absolute Gasteiger partial charge is 0.463 e. The molecule has 0 radical (unpaired) electrons. The summed E-state index contributed by atoms with van der Waals surface area (Å²) < 4.78 is 4.73. The number of carbonyl (C=O) groups is 3. The lowest BCUT2D eigenvalue weighted by atomic mass is 10.1. The second kappa shape index (κ2) is 9.91. The van der Waals surface area contributed by atoms with Crippen LogP contribution in [0.3, 0.4) is 0 Å². The fraction of sp³-hybridized carbons (Fsp3) is 0.190. The Bertz CT molecular complexity index is 831. The molecule has 0 bridgehead atoms. The molecular weight excluding hydrogens is 344 g/mol. The molecule has 0 aromatic heterocycles. The molecule has 0 fully saturated rings. The number of ether oxygens (including phenoxy) is 1. The minimum atomic E-state index is -0.598. The first-order valence-corrected chi connectivity index (χ1v) is 8.55. The number of rotatable bonds is 7. The van der Waals surface area contributed by atoms with E-state index in [4.69, 9.17) is 4.74 Å². The van der Waals surface area contributed by atoms with Crippen molar-refractivity contribution in [3.8, 4) is 0 Å². The molecule has 0 aliphatic carbocycles. The average molecular weight is 366 g/mol. The highest BCUT2D eigenvalue weighted by molar-refractivity contribution is 6.07. The van der Waals surface area contributed by atoms with Crippen LogP contribution < -0.4 is 5.32 Å². The number of nitrogens with zero attached hydrogens (tertiary/aromatic N) is 1. The van der Waals surface area contributed by atoms with Crippen molar-refractivity contribution in [1.82, 2.24) is 4.90 Å². The summed E-state index contributed by atoms with van der Waals surface area (Å²) >= 11 is 0. The monoisotopic (exact) mass is 366 g/mol. The molecule has 0 spiro atoms. The van der Waals surface area contributed by atoms with Crippen LogP contribution in [0.5, 0.6) is 0 Å². The van der Waals surface area contributed by atoms with Gasteiger partial charge in [-0.1, -0.05) is 42.5 Å². The fourth-order valence-corrected chi connectivity index (χ4v) is 2.42. The van der Waals surface area contributed by atoms with E-state index in [2.05, 4.69) is 5.32 Å². The predicted molar refractivity (Wildman–Crippen MR) is 103 cm³/mol. The third-order valence-corrected chi connectivity index (χ3v) is 3.68. The van der Waals surface area contributed by atoms with Gasteiger partial charge in [0.05, 0.1) is 17.9 Å². The molecule has 1 N–H and O–H groups in total. The summed E-state index contributed by atoms with van der Waals surface area (Å²) in [7, 11) is 1.70. The quantitative estimate of drug-likeness (QED) is 0.604. The Kier molecular flexibility index (Phi) is 7.31. The summed E-state index contributed by atoms with van der Waals surface area (Å²) in [6.07, 6.45) is 2.12. The lowest BCUT2D eigenvalue weighted by molar-refractivity contribution is -0.137. The Morgan fingerprint density at radius 1 is 1.00 bits per heavy atom. The van der Waals surface area contributed by atoms with E-state index in [1.807, 2.05) is 30.3 Å². The van der Waals surface area contributed by atoms with Crippen LogP contribution in [0.2, 0.25) is 0 Å². The smallest absolute Gasteiger partial charge is 0.330 e. The summed E-state index contributed by atoms with van der Waals surface area (Å²) in [5.41, 5.74) is 1.75. The topological polar surface area (TPSA) is 75.7 Å². The molecule has 0 aliphatic rings. The lowest BCUT2D eigenvalue weighted by Crippen LogP contribution is -2.27. The van der Waals surface area contributed by atoms with Gasteiger partial charge in [-0.25, -0.2) is 4.79 Å². The van der Waals surface area contributed by atoms with Crippen molar-refractivity contribution in [3.63, 3.8) is 0 Å². The zero-order valence-corrected chi connectivity index (χ0v) is 15.3. The highest BCUT2D eigenvalue weighted by Gasteiger charge is 2.16. The van der Waals surface area contributed by atoms with Crippen LogP contribution >= 0.6 is 0 Å². The molecule has 0 saturated heterocycles. The number of para-hydroxylation sites is 1. The predicted octanol–water partition coefficient (Wildman–Crippen LogP) is 3.02.